The van der Waals surface area contributed by atoms with Gasteiger partial charge in [-0.25, -0.2) is 14.3 Å². The summed E-state index contributed by atoms with van der Waals surface area (Å²) in [7, 11) is 0. The Morgan fingerprint density at radius 1 is 1.36 bits per heavy atom. The van der Waals surface area contributed by atoms with Crippen molar-refractivity contribution in [1.29, 1.82) is 0 Å². The van der Waals surface area contributed by atoms with Crippen LogP contribution in [-0.4, -0.2) is 45.0 Å². The van der Waals surface area contributed by atoms with E-state index in [1.807, 2.05) is 24.3 Å². The van der Waals surface area contributed by atoms with Crippen LogP contribution in [0.3, 0.4) is 0 Å². The molecule has 0 amide bonds. The van der Waals surface area contributed by atoms with Crippen LogP contribution in [0.25, 0.3) is 16.8 Å². The standard InChI is InChI=1S/C18H17N3O4/c22-18(23)16-8-20-21-9-14(7-19-17(16)21)13-3-1-2-12(6-13)10-25-15-4-5-24-11-15/h1-3,6-9,15H,4-5,10-11H2,(H,22,23). The number of hydrogen-bond acceptors (Lipinski definition) is 5. The van der Waals surface area contributed by atoms with Crippen LogP contribution >= 0.6 is 0 Å². The molecule has 7 heteroatoms. The van der Waals surface area contributed by atoms with E-state index in [0.717, 1.165) is 29.7 Å². The topological polar surface area (TPSA) is 86.0 Å². The van der Waals surface area contributed by atoms with Gasteiger partial charge >= 0.3 is 5.97 Å². The van der Waals surface area contributed by atoms with Crippen LogP contribution in [-0.2, 0) is 16.1 Å². The summed E-state index contributed by atoms with van der Waals surface area (Å²) in [6, 6.07) is 8.00. The number of rotatable bonds is 5. The SMILES string of the molecule is O=C(O)c1cnn2cc(-c3cccc(COC4CCOC4)c3)cnc12. The molecule has 4 rings (SSSR count). The van der Waals surface area contributed by atoms with Crippen LogP contribution < -0.4 is 0 Å². The lowest BCUT2D eigenvalue weighted by Crippen LogP contribution is -2.11. The minimum absolute atomic E-state index is 0.0903. The smallest absolute Gasteiger partial charge is 0.341 e. The largest absolute Gasteiger partial charge is 0.477 e. The van der Waals surface area contributed by atoms with Crippen molar-refractivity contribution >= 4 is 11.6 Å². The quantitative estimate of drug-likeness (QED) is 0.768. The Labute approximate surface area is 143 Å². The van der Waals surface area contributed by atoms with Crippen LogP contribution in [0.1, 0.15) is 22.3 Å². The predicted octanol–water partition coefficient (Wildman–Crippen LogP) is 2.40. The molecule has 1 aliphatic heterocycles. The summed E-state index contributed by atoms with van der Waals surface area (Å²) in [5.74, 6) is -1.04. The lowest BCUT2D eigenvalue weighted by Gasteiger charge is -2.11. The number of carboxylic acid groups (broad SMARTS) is 1. The number of hydrogen-bond donors (Lipinski definition) is 1. The maximum absolute atomic E-state index is 11.1. The van der Waals surface area contributed by atoms with Gasteiger partial charge in [0, 0.05) is 24.6 Å². The number of aromatic nitrogens is 3. The molecule has 7 nitrogen and oxygen atoms in total. The third-order valence-electron chi connectivity index (χ3n) is 4.22. The van der Waals surface area contributed by atoms with Gasteiger partial charge in [0.1, 0.15) is 5.56 Å². The molecule has 1 fully saturated rings. The number of ether oxygens (including phenoxy) is 2. The zero-order valence-corrected chi connectivity index (χ0v) is 13.5. The molecule has 0 spiro atoms. The highest BCUT2D eigenvalue weighted by atomic mass is 16.5. The molecule has 1 aromatic carbocycles. The molecule has 1 aliphatic rings. The Balaban J connectivity index is 1.57. The van der Waals surface area contributed by atoms with E-state index in [4.69, 9.17) is 14.6 Å². The summed E-state index contributed by atoms with van der Waals surface area (Å²) in [6.45, 7) is 1.95. The monoisotopic (exact) mass is 339 g/mol. The number of benzene rings is 1. The summed E-state index contributed by atoms with van der Waals surface area (Å²) < 4.78 is 12.7. The van der Waals surface area contributed by atoms with Crippen LogP contribution in [0.15, 0.2) is 42.9 Å². The maximum atomic E-state index is 11.1. The summed E-state index contributed by atoms with van der Waals surface area (Å²) in [4.78, 5) is 15.4. The average molecular weight is 339 g/mol. The van der Waals surface area contributed by atoms with Crippen LogP contribution in [0.2, 0.25) is 0 Å². The van der Waals surface area contributed by atoms with Gasteiger partial charge in [0.15, 0.2) is 5.65 Å². The van der Waals surface area contributed by atoms with Crippen molar-refractivity contribution in [3.63, 3.8) is 0 Å². The van der Waals surface area contributed by atoms with Gasteiger partial charge in [-0.1, -0.05) is 18.2 Å². The van der Waals surface area contributed by atoms with E-state index in [2.05, 4.69) is 10.1 Å². The first-order chi connectivity index (χ1) is 12.2. The molecule has 0 saturated carbocycles. The highest BCUT2D eigenvalue weighted by Gasteiger charge is 2.16. The van der Waals surface area contributed by atoms with E-state index in [1.165, 1.54) is 10.7 Å². The van der Waals surface area contributed by atoms with Gasteiger partial charge < -0.3 is 14.6 Å². The maximum Gasteiger partial charge on any atom is 0.341 e. The predicted molar refractivity (Wildman–Crippen MR) is 89.4 cm³/mol. The number of fused-ring (bicyclic) bond motifs is 1. The van der Waals surface area contributed by atoms with E-state index >= 15 is 0 Å². The minimum Gasteiger partial charge on any atom is -0.477 e. The average Bonchev–Trinajstić information content (AvgIpc) is 3.29. The fourth-order valence-corrected chi connectivity index (χ4v) is 2.87. The molecular formula is C18H17N3O4. The van der Waals surface area contributed by atoms with Gasteiger partial charge in [-0.3, -0.25) is 0 Å². The van der Waals surface area contributed by atoms with Gasteiger partial charge in [0.05, 0.1) is 25.5 Å². The number of carbonyl (C=O) groups is 1. The molecule has 1 N–H and O–H groups in total. The van der Waals surface area contributed by atoms with E-state index in [-0.39, 0.29) is 11.7 Å². The zero-order chi connectivity index (χ0) is 17.2. The van der Waals surface area contributed by atoms with Crippen LogP contribution in [0.4, 0.5) is 0 Å². The van der Waals surface area contributed by atoms with Crippen molar-refractivity contribution < 1.29 is 19.4 Å². The van der Waals surface area contributed by atoms with Crippen LogP contribution in [0, 0.1) is 0 Å². The molecule has 2 aromatic heterocycles. The van der Waals surface area contributed by atoms with Crippen molar-refractivity contribution in [2.75, 3.05) is 13.2 Å². The highest BCUT2D eigenvalue weighted by Crippen LogP contribution is 2.22. The Morgan fingerprint density at radius 3 is 3.08 bits per heavy atom. The second-order valence-electron chi connectivity index (χ2n) is 5.97. The summed E-state index contributed by atoms with van der Waals surface area (Å²) in [6.07, 6.45) is 5.85. The third kappa shape index (κ3) is 3.24. The first kappa shape index (κ1) is 15.7. The van der Waals surface area contributed by atoms with E-state index < -0.39 is 5.97 Å². The lowest BCUT2D eigenvalue weighted by atomic mass is 10.1. The van der Waals surface area contributed by atoms with Crippen molar-refractivity contribution in [2.24, 2.45) is 0 Å². The summed E-state index contributed by atoms with van der Waals surface area (Å²) >= 11 is 0. The number of carboxylic acids is 1. The highest BCUT2D eigenvalue weighted by molar-refractivity contribution is 5.94. The van der Waals surface area contributed by atoms with Gasteiger partial charge in [-0.15, -0.1) is 0 Å². The third-order valence-corrected chi connectivity index (χ3v) is 4.22. The van der Waals surface area contributed by atoms with Crippen molar-refractivity contribution in [1.82, 2.24) is 14.6 Å². The van der Waals surface area contributed by atoms with Crippen molar-refractivity contribution in [3.8, 4) is 11.1 Å². The Bertz CT molecular complexity index is 916. The first-order valence-electron chi connectivity index (χ1n) is 8.06. The Hall–Kier alpha value is -2.77. The first-order valence-corrected chi connectivity index (χ1v) is 8.06. The molecule has 25 heavy (non-hydrogen) atoms. The molecule has 0 radical (unpaired) electrons. The molecule has 0 bridgehead atoms. The van der Waals surface area contributed by atoms with Gasteiger partial charge in [-0.2, -0.15) is 5.10 Å². The molecule has 3 heterocycles. The molecule has 128 valence electrons. The van der Waals surface area contributed by atoms with E-state index in [0.29, 0.717) is 18.9 Å². The van der Waals surface area contributed by atoms with Gasteiger partial charge in [0.25, 0.3) is 0 Å². The van der Waals surface area contributed by atoms with E-state index in [1.54, 1.807) is 12.4 Å². The number of nitrogens with zero attached hydrogens (tertiary/aromatic N) is 3. The fourth-order valence-electron chi connectivity index (χ4n) is 2.87. The molecule has 3 aromatic rings. The van der Waals surface area contributed by atoms with Crippen molar-refractivity contribution in [3.05, 3.63) is 54.0 Å². The Kier molecular flexibility index (Phi) is 4.17. The summed E-state index contributed by atoms with van der Waals surface area (Å²) in [5.41, 5.74) is 3.32. The van der Waals surface area contributed by atoms with Gasteiger partial charge in [-0.05, 0) is 23.6 Å². The van der Waals surface area contributed by atoms with Gasteiger partial charge in [0.2, 0.25) is 0 Å². The minimum atomic E-state index is -1.04. The molecule has 1 saturated heterocycles. The molecule has 1 unspecified atom stereocenters. The fraction of sp³-hybridized carbons (Fsp3) is 0.278. The summed E-state index contributed by atoms with van der Waals surface area (Å²) in [5, 5.41) is 13.2. The molecule has 1 atom stereocenters. The Morgan fingerprint density at radius 2 is 2.28 bits per heavy atom. The van der Waals surface area contributed by atoms with Crippen LogP contribution in [0.5, 0.6) is 0 Å². The number of aromatic carboxylic acids is 1. The van der Waals surface area contributed by atoms with E-state index in [9.17, 15) is 4.79 Å². The second kappa shape index (κ2) is 6.62. The lowest BCUT2D eigenvalue weighted by molar-refractivity contribution is 0.0318. The molecular weight excluding hydrogens is 322 g/mol. The zero-order valence-electron chi connectivity index (χ0n) is 13.5. The second-order valence-corrected chi connectivity index (χ2v) is 5.97. The van der Waals surface area contributed by atoms with Crippen molar-refractivity contribution in [2.45, 2.75) is 19.1 Å². The normalized spacial score (nSPS) is 17.2. The molecule has 0 aliphatic carbocycles.